The number of fused-ring (bicyclic) bond motifs is 1. The Labute approximate surface area is 124 Å². The second-order valence-corrected chi connectivity index (χ2v) is 6.00. The summed E-state index contributed by atoms with van der Waals surface area (Å²) < 4.78 is 15.0. The van der Waals surface area contributed by atoms with E-state index in [2.05, 4.69) is 0 Å². The summed E-state index contributed by atoms with van der Waals surface area (Å²) in [5.74, 6) is -0.334. The van der Waals surface area contributed by atoms with Gasteiger partial charge in [0.2, 0.25) is 0 Å². The molecule has 0 bridgehead atoms. The molecule has 96 valence electrons. The highest BCUT2D eigenvalue weighted by atomic mass is 35.5. The predicted octanol–water partition coefficient (Wildman–Crippen LogP) is 6.02. The van der Waals surface area contributed by atoms with Gasteiger partial charge >= 0.3 is 0 Å². The van der Waals surface area contributed by atoms with Gasteiger partial charge in [-0.25, -0.2) is 4.39 Å². The van der Waals surface area contributed by atoms with Crippen molar-refractivity contribution in [2.24, 2.45) is 0 Å². The summed E-state index contributed by atoms with van der Waals surface area (Å²) in [5.41, 5.74) is 1.33. The molecule has 1 aromatic heterocycles. The lowest BCUT2D eigenvalue weighted by Crippen LogP contribution is -1.96. The summed E-state index contributed by atoms with van der Waals surface area (Å²) in [6, 6.07) is 12.4. The lowest BCUT2D eigenvalue weighted by atomic mass is 10.0. The molecule has 0 aliphatic heterocycles. The molecule has 0 nitrogen and oxygen atoms in total. The minimum Gasteiger partial charge on any atom is -0.207 e. The molecule has 4 heteroatoms. The molecule has 0 N–H and O–H groups in total. The summed E-state index contributed by atoms with van der Waals surface area (Å²) in [7, 11) is 0. The van der Waals surface area contributed by atoms with Gasteiger partial charge in [0, 0.05) is 15.3 Å². The molecule has 0 aliphatic carbocycles. The van der Waals surface area contributed by atoms with E-state index in [9.17, 15) is 4.39 Å². The van der Waals surface area contributed by atoms with Crippen molar-refractivity contribution in [3.63, 3.8) is 0 Å². The topological polar surface area (TPSA) is 0 Å². The zero-order valence-electron chi connectivity index (χ0n) is 9.74. The number of hydrogen-bond donors (Lipinski definition) is 0. The molecule has 0 saturated heterocycles. The van der Waals surface area contributed by atoms with Crippen LogP contribution in [0.5, 0.6) is 0 Å². The first-order valence-corrected chi connectivity index (χ1v) is 7.41. The lowest BCUT2D eigenvalue weighted by Gasteiger charge is -2.11. The SMILES string of the molecule is Fc1ccc(Cl)cc1C(Cl)c1csc2ccccc12. The van der Waals surface area contributed by atoms with Gasteiger partial charge in [-0.3, -0.25) is 0 Å². The van der Waals surface area contributed by atoms with E-state index in [4.69, 9.17) is 23.2 Å². The van der Waals surface area contributed by atoms with Crippen molar-refractivity contribution >= 4 is 44.6 Å². The van der Waals surface area contributed by atoms with Crippen LogP contribution in [0.3, 0.4) is 0 Å². The minimum absolute atomic E-state index is 0.334. The first-order chi connectivity index (χ1) is 9.16. The van der Waals surface area contributed by atoms with Crippen molar-refractivity contribution in [2.75, 3.05) is 0 Å². The summed E-state index contributed by atoms with van der Waals surface area (Å²) in [4.78, 5) is 0. The highest BCUT2D eigenvalue weighted by Crippen LogP contribution is 2.38. The van der Waals surface area contributed by atoms with E-state index in [1.165, 1.54) is 12.1 Å². The van der Waals surface area contributed by atoms with Crippen LogP contribution in [0.2, 0.25) is 5.02 Å². The molecule has 0 fully saturated rings. The van der Waals surface area contributed by atoms with Gasteiger partial charge in [-0.2, -0.15) is 0 Å². The fraction of sp³-hybridized carbons (Fsp3) is 0.0667. The number of halogens is 3. The third kappa shape index (κ3) is 2.36. The summed E-state index contributed by atoms with van der Waals surface area (Å²) in [6.07, 6.45) is 0. The number of rotatable bonds is 2. The van der Waals surface area contributed by atoms with Crippen LogP contribution in [-0.4, -0.2) is 0 Å². The lowest BCUT2D eigenvalue weighted by molar-refractivity contribution is 0.612. The van der Waals surface area contributed by atoms with Crippen molar-refractivity contribution in [1.29, 1.82) is 0 Å². The Kier molecular flexibility index (Phi) is 3.48. The first-order valence-electron chi connectivity index (χ1n) is 5.72. The van der Waals surface area contributed by atoms with Crippen LogP contribution >= 0.6 is 34.5 Å². The van der Waals surface area contributed by atoms with E-state index in [1.807, 2.05) is 29.6 Å². The van der Waals surface area contributed by atoms with E-state index in [1.54, 1.807) is 17.4 Å². The van der Waals surface area contributed by atoms with Gasteiger partial charge < -0.3 is 0 Å². The largest absolute Gasteiger partial charge is 0.207 e. The van der Waals surface area contributed by atoms with E-state index >= 15 is 0 Å². The molecular weight excluding hydrogens is 302 g/mol. The third-order valence-electron chi connectivity index (χ3n) is 3.02. The molecule has 1 atom stereocenters. The normalized spacial score (nSPS) is 12.8. The molecule has 3 aromatic rings. The van der Waals surface area contributed by atoms with Crippen molar-refractivity contribution in [3.05, 3.63) is 69.8 Å². The zero-order valence-corrected chi connectivity index (χ0v) is 12.1. The Morgan fingerprint density at radius 1 is 1.05 bits per heavy atom. The van der Waals surface area contributed by atoms with Gasteiger partial charge in [0.15, 0.2) is 0 Å². The van der Waals surface area contributed by atoms with Gasteiger partial charge in [0.1, 0.15) is 5.82 Å². The molecule has 0 spiro atoms. The Morgan fingerprint density at radius 2 is 1.84 bits per heavy atom. The molecule has 3 rings (SSSR count). The fourth-order valence-corrected chi connectivity index (χ4v) is 3.66. The van der Waals surface area contributed by atoms with Crippen molar-refractivity contribution in [2.45, 2.75) is 5.38 Å². The molecule has 1 unspecified atom stereocenters. The van der Waals surface area contributed by atoms with Gasteiger partial charge in [-0.15, -0.1) is 22.9 Å². The highest BCUT2D eigenvalue weighted by molar-refractivity contribution is 7.17. The molecule has 1 heterocycles. The second kappa shape index (κ2) is 5.12. The summed E-state index contributed by atoms with van der Waals surface area (Å²) in [6.45, 7) is 0. The fourth-order valence-electron chi connectivity index (χ4n) is 2.07. The maximum Gasteiger partial charge on any atom is 0.128 e. The zero-order chi connectivity index (χ0) is 13.4. The number of thiophene rings is 1. The standard InChI is InChI=1S/C15H9Cl2FS/c16-9-5-6-13(18)11(7-9)15(17)12-8-19-14-4-2-1-3-10(12)14/h1-8,15H. The van der Waals surface area contributed by atoms with Crippen LogP contribution in [-0.2, 0) is 0 Å². The molecule has 0 radical (unpaired) electrons. The monoisotopic (exact) mass is 310 g/mol. The average molecular weight is 311 g/mol. The van der Waals surface area contributed by atoms with Crippen LogP contribution in [0, 0.1) is 5.82 Å². The van der Waals surface area contributed by atoms with Crippen molar-refractivity contribution < 1.29 is 4.39 Å². The number of alkyl halides is 1. The Bertz CT molecular complexity index is 736. The van der Waals surface area contributed by atoms with Crippen LogP contribution in [0.15, 0.2) is 47.8 Å². The van der Waals surface area contributed by atoms with Gasteiger partial charge in [-0.05, 0) is 40.6 Å². The van der Waals surface area contributed by atoms with Crippen LogP contribution < -0.4 is 0 Å². The van der Waals surface area contributed by atoms with E-state index in [-0.39, 0.29) is 5.82 Å². The number of hydrogen-bond acceptors (Lipinski definition) is 1. The van der Waals surface area contributed by atoms with Crippen LogP contribution in [0.1, 0.15) is 16.5 Å². The summed E-state index contributed by atoms with van der Waals surface area (Å²) >= 11 is 14.0. The highest BCUT2D eigenvalue weighted by Gasteiger charge is 2.19. The van der Waals surface area contributed by atoms with Crippen molar-refractivity contribution in [3.8, 4) is 0 Å². The van der Waals surface area contributed by atoms with Gasteiger partial charge in [0.05, 0.1) is 5.38 Å². The quantitative estimate of drug-likeness (QED) is 0.507. The Balaban J connectivity index is 2.13. The maximum absolute atomic E-state index is 13.9. The third-order valence-corrected chi connectivity index (χ3v) is 4.70. The molecular formula is C15H9Cl2FS. The smallest absolute Gasteiger partial charge is 0.128 e. The van der Waals surface area contributed by atoms with Crippen LogP contribution in [0.25, 0.3) is 10.1 Å². The Morgan fingerprint density at radius 3 is 2.68 bits per heavy atom. The Hall–Kier alpha value is -1.09. The number of benzene rings is 2. The van der Waals surface area contributed by atoms with Crippen LogP contribution in [0.4, 0.5) is 4.39 Å². The first kappa shape index (κ1) is 12.9. The van der Waals surface area contributed by atoms with E-state index in [0.717, 1.165) is 15.6 Å². The minimum atomic E-state index is -0.533. The van der Waals surface area contributed by atoms with E-state index < -0.39 is 5.38 Å². The predicted molar refractivity (Wildman–Crippen MR) is 80.9 cm³/mol. The summed E-state index contributed by atoms with van der Waals surface area (Å²) in [5, 5.41) is 2.99. The molecule has 19 heavy (non-hydrogen) atoms. The van der Waals surface area contributed by atoms with Gasteiger partial charge in [0.25, 0.3) is 0 Å². The second-order valence-electron chi connectivity index (χ2n) is 4.22. The molecule has 0 aliphatic rings. The maximum atomic E-state index is 13.9. The van der Waals surface area contributed by atoms with Crippen molar-refractivity contribution in [1.82, 2.24) is 0 Å². The van der Waals surface area contributed by atoms with Gasteiger partial charge in [-0.1, -0.05) is 29.8 Å². The average Bonchev–Trinajstić information content (AvgIpc) is 2.84. The molecule has 2 aromatic carbocycles. The molecule has 0 amide bonds. The molecule has 0 saturated carbocycles. The van der Waals surface area contributed by atoms with E-state index in [0.29, 0.717) is 10.6 Å².